The van der Waals surface area contributed by atoms with Gasteiger partial charge in [0.1, 0.15) is 17.7 Å². The van der Waals surface area contributed by atoms with Gasteiger partial charge in [0, 0.05) is 30.0 Å². The molecule has 0 aliphatic carbocycles. The van der Waals surface area contributed by atoms with Crippen molar-refractivity contribution in [1.82, 2.24) is 9.88 Å². The number of hydrogen-bond donors (Lipinski definition) is 2. The molecule has 0 unspecified atom stereocenters. The molecule has 1 aromatic carbocycles. The van der Waals surface area contributed by atoms with Gasteiger partial charge in [-0.2, -0.15) is 0 Å². The van der Waals surface area contributed by atoms with Crippen molar-refractivity contribution >= 4 is 17.5 Å². The van der Waals surface area contributed by atoms with Crippen LogP contribution in [0.3, 0.4) is 0 Å². The number of fused-ring (bicyclic) bond motifs is 1. The summed E-state index contributed by atoms with van der Waals surface area (Å²) in [5, 5.41) is 6.55. The highest BCUT2D eigenvalue weighted by Gasteiger charge is 2.20. The number of carbonyl (C=O) groups excluding carboxylic acids is 1. The Labute approximate surface area is 190 Å². The summed E-state index contributed by atoms with van der Waals surface area (Å²) in [6.07, 6.45) is 5.96. The lowest BCUT2D eigenvalue weighted by molar-refractivity contribution is -0.141. The third-order valence-corrected chi connectivity index (χ3v) is 6.06. The first-order valence-electron chi connectivity index (χ1n) is 11.5. The molecule has 1 aromatic heterocycles. The summed E-state index contributed by atoms with van der Waals surface area (Å²) in [5.41, 5.74) is 3.58. The number of ether oxygens (including phenoxy) is 1. The van der Waals surface area contributed by atoms with E-state index in [1.165, 1.54) is 25.2 Å². The van der Waals surface area contributed by atoms with Crippen molar-refractivity contribution in [3.8, 4) is 0 Å². The monoisotopic (exact) mass is 442 g/mol. The molecule has 3 rings (SSSR count). The number of nitrogens with zero attached hydrogens (tertiary/aromatic N) is 2. The number of benzene rings is 1. The fraction of sp³-hybridized carbons (Fsp3) is 0.520. The number of halogens is 1. The van der Waals surface area contributed by atoms with E-state index in [1.54, 1.807) is 19.1 Å². The van der Waals surface area contributed by atoms with Crippen molar-refractivity contribution < 1.29 is 13.9 Å². The van der Waals surface area contributed by atoms with Crippen molar-refractivity contribution in [1.29, 1.82) is 0 Å². The maximum Gasteiger partial charge on any atom is 0.328 e. The first-order chi connectivity index (χ1) is 15.5. The van der Waals surface area contributed by atoms with Crippen LogP contribution in [-0.2, 0) is 22.4 Å². The van der Waals surface area contributed by atoms with Gasteiger partial charge in [-0.05, 0) is 82.8 Å². The van der Waals surface area contributed by atoms with E-state index in [4.69, 9.17) is 9.72 Å². The van der Waals surface area contributed by atoms with Gasteiger partial charge >= 0.3 is 5.97 Å². The van der Waals surface area contributed by atoms with Gasteiger partial charge in [-0.3, -0.25) is 0 Å². The molecule has 0 fully saturated rings. The highest BCUT2D eigenvalue weighted by atomic mass is 19.1. The smallest absolute Gasteiger partial charge is 0.328 e. The molecule has 0 radical (unpaired) electrons. The Kier molecular flexibility index (Phi) is 8.85. The number of aromatic nitrogens is 1. The first kappa shape index (κ1) is 24.0. The van der Waals surface area contributed by atoms with Crippen LogP contribution in [0.5, 0.6) is 0 Å². The second-order valence-corrected chi connectivity index (χ2v) is 8.52. The molecule has 1 aliphatic heterocycles. The van der Waals surface area contributed by atoms with Crippen molar-refractivity contribution in [3.63, 3.8) is 0 Å². The van der Waals surface area contributed by atoms with Crippen LogP contribution < -0.4 is 10.6 Å². The van der Waals surface area contributed by atoms with Crippen molar-refractivity contribution in [2.75, 3.05) is 44.4 Å². The number of methoxy groups -OCH3 is 1. The van der Waals surface area contributed by atoms with E-state index in [9.17, 15) is 9.18 Å². The number of aryl methyl sites for hydroxylation is 2. The van der Waals surface area contributed by atoms with Crippen LogP contribution in [-0.4, -0.2) is 55.7 Å². The lowest BCUT2D eigenvalue weighted by Crippen LogP contribution is -2.35. The van der Waals surface area contributed by atoms with Crippen LogP contribution in [0.15, 0.2) is 30.3 Å². The maximum atomic E-state index is 13.8. The van der Waals surface area contributed by atoms with E-state index in [0.717, 1.165) is 56.8 Å². The predicted molar refractivity (Wildman–Crippen MR) is 127 cm³/mol. The SMILES string of the molecule is COC(=O)[C@H](CCN(C)CCCCc1ccc2c(n1)NCCC2)Nc1cccc(F)c1C. The summed E-state index contributed by atoms with van der Waals surface area (Å²) in [7, 11) is 3.44. The first-order valence-corrected chi connectivity index (χ1v) is 11.5. The fourth-order valence-electron chi connectivity index (χ4n) is 4.00. The van der Waals surface area contributed by atoms with Gasteiger partial charge in [0.05, 0.1) is 7.11 Å². The van der Waals surface area contributed by atoms with E-state index in [1.807, 2.05) is 0 Å². The summed E-state index contributed by atoms with van der Waals surface area (Å²) < 4.78 is 18.8. The zero-order valence-electron chi connectivity index (χ0n) is 19.4. The minimum Gasteiger partial charge on any atom is -0.467 e. The maximum absolute atomic E-state index is 13.8. The highest BCUT2D eigenvalue weighted by Crippen LogP contribution is 2.21. The number of hydrogen-bond acceptors (Lipinski definition) is 6. The van der Waals surface area contributed by atoms with Crippen LogP contribution >= 0.6 is 0 Å². The number of unbranched alkanes of at least 4 members (excludes halogenated alkanes) is 1. The number of carbonyl (C=O) groups is 1. The van der Waals surface area contributed by atoms with Gasteiger partial charge in [0.15, 0.2) is 0 Å². The number of rotatable bonds is 11. The Morgan fingerprint density at radius 3 is 2.94 bits per heavy atom. The molecule has 2 N–H and O–H groups in total. The molecule has 174 valence electrons. The van der Waals surface area contributed by atoms with Gasteiger partial charge in [-0.1, -0.05) is 12.1 Å². The van der Waals surface area contributed by atoms with E-state index < -0.39 is 6.04 Å². The molecule has 7 heteroatoms. The zero-order valence-corrected chi connectivity index (χ0v) is 19.4. The number of anilines is 2. The molecule has 1 aliphatic rings. The molecule has 2 heterocycles. The van der Waals surface area contributed by atoms with E-state index in [-0.39, 0.29) is 11.8 Å². The average molecular weight is 443 g/mol. The summed E-state index contributed by atoms with van der Waals surface area (Å²) in [5.74, 6) is 0.426. The number of nitrogens with one attached hydrogen (secondary N) is 2. The lowest BCUT2D eigenvalue weighted by atomic mass is 10.1. The normalized spacial score (nSPS) is 13.9. The predicted octanol–water partition coefficient (Wildman–Crippen LogP) is 4.19. The Morgan fingerprint density at radius 2 is 2.12 bits per heavy atom. The molecular weight excluding hydrogens is 407 g/mol. The topological polar surface area (TPSA) is 66.5 Å². The van der Waals surface area contributed by atoms with Crippen molar-refractivity contribution in [2.24, 2.45) is 0 Å². The molecule has 0 bridgehead atoms. The van der Waals surface area contributed by atoms with E-state index in [2.05, 4.69) is 34.7 Å². The van der Waals surface area contributed by atoms with Gasteiger partial charge < -0.3 is 20.3 Å². The van der Waals surface area contributed by atoms with E-state index >= 15 is 0 Å². The summed E-state index contributed by atoms with van der Waals surface area (Å²) >= 11 is 0. The van der Waals surface area contributed by atoms with Crippen LogP contribution in [0, 0.1) is 12.7 Å². The molecule has 2 aromatic rings. The second-order valence-electron chi connectivity index (χ2n) is 8.52. The third kappa shape index (κ3) is 6.66. The van der Waals surface area contributed by atoms with Crippen molar-refractivity contribution in [2.45, 2.75) is 51.5 Å². The Hall–Kier alpha value is -2.67. The van der Waals surface area contributed by atoms with Crippen molar-refractivity contribution in [3.05, 3.63) is 53.0 Å². The minimum absolute atomic E-state index is 0.292. The summed E-state index contributed by atoms with van der Waals surface area (Å²) in [4.78, 5) is 19.2. The molecule has 0 saturated heterocycles. The number of esters is 1. The van der Waals surface area contributed by atoms with Gasteiger partial charge in [0.2, 0.25) is 0 Å². The molecule has 1 atom stereocenters. The second kappa shape index (κ2) is 11.8. The molecule has 6 nitrogen and oxygen atoms in total. The Bertz CT molecular complexity index is 906. The summed E-state index contributed by atoms with van der Waals surface area (Å²) in [6, 6.07) is 8.67. The zero-order chi connectivity index (χ0) is 22.9. The van der Waals surface area contributed by atoms with Crippen LogP contribution in [0.4, 0.5) is 15.9 Å². The molecular formula is C25H35FN4O2. The fourth-order valence-corrected chi connectivity index (χ4v) is 4.00. The number of pyridine rings is 1. The minimum atomic E-state index is -0.518. The van der Waals surface area contributed by atoms with Crippen LogP contribution in [0.2, 0.25) is 0 Å². The van der Waals surface area contributed by atoms with Gasteiger partial charge in [-0.25, -0.2) is 14.2 Å². The average Bonchev–Trinajstić information content (AvgIpc) is 2.81. The largest absolute Gasteiger partial charge is 0.467 e. The molecule has 0 amide bonds. The Morgan fingerprint density at radius 1 is 1.28 bits per heavy atom. The standard InChI is InChI=1S/C25H35FN4O2/c1-18-21(26)10-6-11-22(18)29-23(25(31)32-3)14-17-30(2)16-5-4-9-20-13-12-19-8-7-15-27-24(19)28-20/h6,10-13,23,29H,4-5,7-9,14-17H2,1-3H3,(H,27,28)/t23-/m0/s1. The van der Waals surface area contributed by atoms with E-state index in [0.29, 0.717) is 17.7 Å². The van der Waals surface area contributed by atoms with Gasteiger partial charge in [0.25, 0.3) is 0 Å². The Balaban J connectivity index is 1.42. The van der Waals surface area contributed by atoms with Crippen LogP contribution in [0.1, 0.15) is 42.5 Å². The lowest BCUT2D eigenvalue weighted by Gasteiger charge is -2.23. The molecule has 32 heavy (non-hydrogen) atoms. The quantitative estimate of drug-likeness (QED) is 0.402. The molecule has 0 spiro atoms. The third-order valence-electron chi connectivity index (χ3n) is 6.06. The molecule has 0 saturated carbocycles. The van der Waals surface area contributed by atoms with Gasteiger partial charge in [-0.15, -0.1) is 0 Å². The summed E-state index contributed by atoms with van der Waals surface area (Å²) in [6.45, 7) is 4.39. The van der Waals surface area contributed by atoms with Crippen LogP contribution in [0.25, 0.3) is 0 Å². The highest BCUT2D eigenvalue weighted by molar-refractivity contribution is 5.79.